The van der Waals surface area contributed by atoms with E-state index in [0.29, 0.717) is 37.5 Å². The van der Waals surface area contributed by atoms with Gasteiger partial charge in [0.15, 0.2) is 5.78 Å². The maximum absolute atomic E-state index is 12.9. The predicted molar refractivity (Wildman–Crippen MR) is 140 cm³/mol. The van der Waals surface area contributed by atoms with E-state index in [2.05, 4.69) is 25.7 Å². The van der Waals surface area contributed by atoms with Crippen molar-refractivity contribution in [1.29, 1.82) is 0 Å². The zero-order chi connectivity index (χ0) is 26.9. The van der Waals surface area contributed by atoms with Gasteiger partial charge in [0.05, 0.1) is 13.2 Å². The largest absolute Gasteiger partial charge is 0.460 e. The van der Waals surface area contributed by atoms with Crippen LogP contribution in [0.2, 0.25) is 0 Å². The van der Waals surface area contributed by atoms with E-state index in [1.54, 1.807) is 20.8 Å². The topological polar surface area (TPSA) is 90.9 Å². The Morgan fingerprint density at radius 2 is 1.63 bits per heavy atom. The molecule has 0 radical (unpaired) electrons. The van der Waals surface area contributed by atoms with Gasteiger partial charge < -0.3 is 19.5 Å². The Labute approximate surface area is 213 Å². The molecule has 0 aliphatic rings. The van der Waals surface area contributed by atoms with E-state index in [1.165, 1.54) is 12.8 Å². The minimum absolute atomic E-state index is 0.0831. The van der Waals surface area contributed by atoms with E-state index in [0.717, 1.165) is 32.1 Å². The van der Waals surface area contributed by atoms with E-state index < -0.39 is 17.2 Å². The molecule has 0 aromatic heterocycles. The lowest BCUT2D eigenvalue weighted by Gasteiger charge is -2.29. The van der Waals surface area contributed by atoms with Gasteiger partial charge in [-0.1, -0.05) is 53.0 Å². The molecule has 0 bridgehead atoms. The molecule has 204 valence electrons. The molecule has 1 amide bonds. The minimum atomic E-state index is -0.990. The summed E-state index contributed by atoms with van der Waals surface area (Å²) in [4.78, 5) is 36.5. The molecule has 0 fully saturated rings. The van der Waals surface area contributed by atoms with Gasteiger partial charge in [-0.3, -0.25) is 9.59 Å². The first-order valence-electron chi connectivity index (χ1n) is 13.4. The summed E-state index contributed by atoms with van der Waals surface area (Å²) in [5, 5.41) is 2.71. The number of esters is 1. The average Bonchev–Trinajstić information content (AvgIpc) is 2.83. The number of ketones is 1. The zero-order valence-corrected chi connectivity index (χ0v) is 23.4. The second kappa shape index (κ2) is 17.7. The summed E-state index contributed by atoms with van der Waals surface area (Å²) in [5.41, 5.74) is -1.38. The van der Waals surface area contributed by atoms with Crippen molar-refractivity contribution in [3.8, 4) is 0 Å². The first-order valence-corrected chi connectivity index (χ1v) is 13.4. The number of rotatable bonds is 21. The van der Waals surface area contributed by atoms with Gasteiger partial charge in [0, 0.05) is 18.6 Å². The van der Waals surface area contributed by atoms with Crippen molar-refractivity contribution < 1.29 is 28.6 Å². The Bertz CT molecular complexity index is 660. The van der Waals surface area contributed by atoms with Crippen LogP contribution in [0.4, 0.5) is 0 Å². The molecule has 0 aliphatic carbocycles. The molecule has 0 aromatic rings. The van der Waals surface area contributed by atoms with Crippen LogP contribution in [0, 0.1) is 5.92 Å². The normalized spacial score (nSPS) is 14.1. The van der Waals surface area contributed by atoms with Crippen molar-refractivity contribution in [3.63, 3.8) is 0 Å². The maximum Gasteiger partial charge on any atom is 0.333 e. The number of Topliss-reactive ketones (excluding diaryl/α,β-unsaturated/α-hetero) is 1. The number of carbonyl (C=O) groups excluding carboxylic acids is 3. The molecule has 0 aromatic carbocycles. The third-order valence-corrected chi connectivity index (χ3v) is 6.47. The van der Waals surface area contributed by atoms with E-state index in [9.17, 15) is 14.4 Å². The van der Waals surface area contributed by atoms with Gasteiger partial charge in [-0.2, -0.15) is 0 Å². The third kappa shape index (κ3) is 13.8. The highest BCUT2D eigenvalue weighted by Crippen LogP contribution is 2.23. The lowest BCUT2D eigenvalue weighted by molar-refractivity contribution is -0.145. The first-order chi connectivity index (χ1) is 16.4. The van der Waals surface area contributed by atoms with E-state index in [4.69, 9.17) is 14.2 Å². The predicted octanol–water partition coefficient (Wildman–Crippen LogP) is 5.55. The Morgan fingerprint density at radius 1 is 0.943 bits per heavy atom. The Morgan fingerprint density at radius 3 is 2.20 bits per heavy atom. The van der Waals surface area contributed by atoms with E-state index in [1.807, 2.05) is 13.8 Å². The van der Waals surface area contributed by atoms with Gasteiger partial charge in [0.25, 0.3) is 5.91 Å². The lowest BCUT2D eigenvalue weighted by Crippen LogP contribution is -2.45. The van der Waals surface area contributed by atoms with Gasteiger partial charge in [-0.15, -0.1) is 0 Å². The summed E-state index contributed by atoms with van der Waals surface area (Å²) in [6.45, 7) is 18.2. The summed E-state index contributed by atoms with van der Waals surface area (Å²) in [7, 11) is 0. The zero-order valence-electron chi connectivity index (χ0n) is 23.4. The smallest absolute Gasteiger partial charge is 0.333 e. The van der Waals surface area contributed by atoms with Gasteiger partial charge in [-0.05, 0) is 59.3 Å². The van der Waals surface area contributed by atoms with Gasteiger partial charge in [0.1, 0.15) is 17.8 Å². The molecule has 0 saturated heterocycles. The van der Waals surface area contributed by atoms with Gasteiger partial charge in [0.2, 0.25) is 0 Å². The molecule has 0 aliphatic heterocycles. The van der Waals surface area contributed by atoms with Crippen LogP contribution in [-0.4, -0.2) is 55.2 Å². The monoisotopic (exact) mass is 497 g/mol. The van der Waals surface area contributed by atoms with E-state index >= 15 is 0 Å². The Hall–Kier alpha value is -1.73. The van der Waals surface area contributed by atoms with Crippen molar-refractivity contribution >= 4 is 17.7 Å². The molecule has 1 N–H and O–H groups in total. The van der Waals surface area contributed by atoms with Crippen molar-refractivity contribution in [2.24, 2.45) is 5.92 Å². The van der Waals surface area contributed by atoms with Crippen LogP contribution in [0.1, 0.15) is 106 Å². The SMILES string of the molecule is C=C(C)C(=O)OCCNC(=O)C(C)(C)OCCCCCC(=O)C(C)(CC)OCC(CC)CCCC. The van der Waals surface area contributed by atoms with Crippen LogP contribution in [0.3, 0.4) is 0 Å². The average molecular weight is 498 g/mol. The molecule has 0 spiro atoms. The van der Waals surface area contributed by atoms with E-state index in [-0.39, 0.29) is 24.8 Å². The molecule has 2 atom stereocenters. The fourth-order valence-electron chi connectivity index (χ4n) is 3.45. The fourth-order valence-corrected chi connectivity index (χ4v) is 3.45. The van der Waals surface area contributed by atoms with Gasteiger partial charge >= 0.3 is 5.97 Å². The second-order valence-electron chi connectivity index (χ2n) is 10.1. The molecular formula is C28H51NO6. The standard InChI is InChI=1S/C28H51NO6/c1-9-12-16-23(10-2)21-35-28(8,11-3)24(30)17-14-13-15-19-34-27(6,7)26(32)29-18-20-33-25(31)22(4)5/h23H,4,9-21H2,1-3,5-8H3,(H,29,32). The number of amides is 1. The second-order valence-corrected chi connectivity index (χ2v) is 10.1. The highest BCUT2D eigenvalue weighted by Gasteiger charge is 2.32. The fraction of sp³-hybridized carbons (Fsp3) is 0.821. The quantitative estimate of drug-likeness (QED) is 0.127. The van der Waals surface area contributed by atoms with Crippen LogP contribution in [0.15, 0.2) is 12.2 Å². The highest BCUT2D eigenvalue weighted by atomic mass is 16.5. The van der Waals surface area contributed by atoms with Gasteiger partial charge in [-0.25, -0.2) is 4.79 Å². The van der Waals surface area contributed by atoms with Crippen LogP contribution in [0.25, 0.3) is 0 Å². The molecule has 2 unspecified atom stereocenters. The molecule has 7 heteroatoms. The highest BCUT2D eigenvalue weighted by molar-refractivity contribution is 5.87. The summed E-state index contributed by atoms with van der Waals surface area (Å²) < 4.78 is 16.9. The number of hydrogen-bond acceptors (Lipinski definition) is 6. The van der Waals surface area contributed by atoms with Crippen LogP contribution < -0.4 is 5.32 Å². The molecule has 0 rings (SSSR count). The summed E-state index contributed by atoms with van der Waals surface area (Å²) in [6.07, 6.45) is 8.14. The molecule has 7 nitrogen and oxygen atoms in total. The summed E-state index contributed by atoms with van der Waals surface area (Å²) in [6, 6.07) is 0. The maximum atomic E-state index is 12.9. The molecule has 35 heavy (non-hydrogen) atoms. The van der Waals surface area contributed by atoms with Crippen molar-refractivity contribution in [2.45, 2.75) is 117 Å². The third-order valence-electron chi connectivity index (χ3n) is 6.47. The van der Waals surface area contributed by atoms with Crippen molar-refractivity contribution in [2.75, 3.05) is 26.4 Å². The number of unbranched alkanes of at least 4 members (excludes halogenated alkanes) is 3. The lowest BCUT2D eigenvalue weighted by atomic mass is 9.92. The minimum Gasteiger partial charge on any atom is -0.460 e. The number of ether oxygens (including phenoxy) is 3. The number of hydrogen-bond donors (Lipinski definition) is 1. The number of carbonyl (C=O) groups is 3. The first kappa shape index (κ1) is 33.3. The van der Waals surface area contributed by atoms with Crippen LogP contribution in [-0.2, 0) is 28.6 Å². The number of nitrogens with one attached hydrogen (secondary N) is 1. The van der Waals surface area contributed by atoms with Crippen molar-refractivity contribution in [3.05, 3.63) is 12.2 Å². The molecular weight excluding hydrogens is 446 g/mol. The van der Waals surface area contributed by atoms with Crippen LogP contribution in [0.5, 0.6) is 0 Å². The molecule has 0 heterocycles. The Kier molecular flexibility index (Phi) is 16.8. The Balaban J connectivity index is 4.23. The van der Waals surface area contributed by atoms with Crippen molar-refractivity contribution in [1.82, 2.24) is 5.32 Å². The molecule has 0 saturated carbocycles. The summed E-state index contributed by atoms with van der Waals surface area (Å²) in [5.74, 6) is -0.0635. The summed E-state index contributed by atoms with van der Waals surface area (Å²) >= 11 is 0. The van der Waals surface area contributed by atoms with Crippen LogP contribution >= 0.6 is 0 Å².